The van der Waals surface area contributed by atoms with Crippen molar-refractivity contribution in [1.29, 1.82) is 0 Å². The maximum atomic E-state index is 12.8. The van der Waals surface area contributed by atoms with Crippen LogP contribution in [-0.2, 0) is 16.1 Å². The van der Waals surface area contributed by atoms with Crippen molar-refractivity contribution in [2.75, 3.05) is 4.90 Å². The fourth-order valence-corrected chi connectivity index (χ4v) is 2.87. The largest absolute Gasteiger partial charge is 0.437 e. The van der Waals surface area contributed by atoms with Crippen molar-refractivity contribution in [2.24, 2.45) is 0 Å². The average molecular weight is 337 g/mol. The van der Waals surface area contributed by atoms with Gasteiger partial charge in [-0.1, -0.05) is 18.2 Å². The van der Waals surface area contributed by atoms with Crippen LogP contribution in [0.15, 0.2) is 42.6 Å². The fourth-order valence-electron chi connectivity index (χ4n) is 2.87. The summed E-state index contributed by atoms with van der Waals surface area (Å²) in [5.41, 5.74) is 1.54. The maximum absolute atomic E-state index is 12.8. The number of nitrogens with zero attached hydrogens (tertiary/aromatic N) is 2. The first-order valence-electron chi connectivity index (χ1n) is 8.51. The number of hydrogen-bond donors (Lipinski definition) is 1. The third-order valence-electron chi connectivity index (χ3n) is 4.36. The molecule has 1 aromatic carbocycles. The minimum atomic E-state index is -0.111. The number of para-hydroxylation sites is 1. The van der Waals surface area contributed by atoms with Gasteiger partial charge in [0.1, 0.15) is 11.4 Å². The lowest BCUT2D eigenvalue weighted by Crippen LogP contribution is -2.32. The number of fused-ring (bicyclic) bond motifs is 2. The van der Waals surface area contributed by atoms with E-state index in [1.165, 1.54) is 0 Å². The van der Waals surface area contributed by atoms with Crippen LogP contribution in [0, 0.1) is 0 Å². The Hall–Kier alpha value is -2.89. The molecule has 6 heteroatoms. The van der Waals surface area contributed by atoms with E-state index in [4.69, 9.17) is 4.74 Å². The summed E-state index contributed by atoms with van der Waals surface area (Å²) in [6.45, 7) is 0.401. The Kier molecular flexibility index (Phi) is 4.09. The van der Waals surface area contributed by atoms with Gasteiger partial charge < -0.3 is 15.0 Å². The molecule has 2 aliphatic rings. The van der Waals surface area contributed by atoms with Gasteiger partial charge in [0.15, 0.2) is 0 Å². The number of nitrogens with one attached hydrogen (secondary N) is 1. The molecule has 2 aromatic rings. The summed E-state index contributed by atoms with van der Waals surface area (Å²) in [5, 5.41) is 2.91. The Balaban J connectivity index is 1.54. The summed E-state index contributed by atoms with van der Waals surface area (Å²) in [7, 11) is 0. The highest BCUT2D eigenvalue weighted by molar-refractivity contribution is 5.96. The number of rotatable bonds is 4. The van der Waals surface area contributed by atoms with Gasteiger partial charge >= 0.3 is 0 Å². The van der Waals surface area contributed by atoms with Crippen molar-refractivity contribution in [2.45, 2.75) is 38.3 Å². The van der Waals surface area contributed by atoms with E-state index in [0.717, 1.165) is 18.4 Å². The normalized spacial score (nSPS) is 15.4. The van der Waals surface area contributed by atoms with Crippen LogP contribution in [0.4, 0.5) is 5.69 Å². The van der Waals surface area contributed by atoms with Gasteiger partial charge in [-0.2, -0.15) is 0 Å². The number of anilines is 1. The summed E-state index contributed by atoms with van der Waals surface area (Å²) < 4.78 is 5.89. The summed E-state index contributed by atoms with van der Waals surface area (Å²) in [5.74, 6) is 0.932. The van der Waals surface area contributed by atoms with Gasteiger partial charge in [-0.25, -0.2) is 4.98 Å². The predicted octanol–water partition coefficient (Wildman–Crippen LogP) is 2.78. The van der Waals surface area contributed by atoms with Gasteiger partial charge in [-0.15, -0.1) is 0 Å². The van der Waals surface area contributed by atoms with E-state index in [-0.39, 0.29) is 24.7 Å². The van der Waals surface area contributed by atoms with Crippen LogP contribution in [0.1, 0.15) is 31.2 Å². The SMILES string of the molecule is O=C(CCC(=O)N1Cc2ccccc2Oc2ncccc21)NC1CC1. The summed E-state index contributed by atoms with van der Waals surface area (Å²) in [6.07, 6.45) is 4.08. The molecule has 1 N–H and O–H groups in total. The summed E-state index contributed by atoms with van der Waals surface area (Å²) in [6, 6.07) is 11.5. The number of carbonyl (C=O) groups excluding carboxylic acids is 2. The van der Waals surface area contributed by atoms with Crippen molar-refractivity contribution < 1.29 is 14.3 Å². The molecule has 1 saturated carbocycles. The fraction of sp³-hybridized carbons (Fsp3) is 0.316. The molecule has 0 radical (unpaired) electrons. The second-order valence-corrected chi connectivity index (χ2v) is 6.36. The van der Waals surface area contributed by atoms with E-state index in [0.29, 0.717) is 29.9 Å². The van der Waals surface area contributed by atoms with E-state index >= 15 is 0 Å². The molecule has 0 saturated heterocycles. The molecule has 0 atom stereocenters. The molecule has 1 aromatic heterocycles. The van der Waals surface area contributed by atoms with Crippen molar-refractivity contribution in [3.63, 3.8) is 0 Å². The van der Waals surface area contributed by atoms with Gasteiger partial charge in [0, 0.05) is 30.6 Å². The number of hydrogen-bond acceptors (Lipinski definition) is 4. The number of aromatic nitrogens is 1. The molecule has 128 valence electrons. The minimum Gasteiger partial charge on any atom is -0.437 e. The van der Waals surface area contributed by atoms with Crippen LogP contribution in [0.5, 0.6) is 11.6 Å². The predicted molar refractivity (Wildman–Crippen MR) is 92.3 cm³/mol. The smallest absolute Gasteiger partial charge is 0.243 e. The molecule has 1 aliphatic heterocycles. The Labute approximate surface area is 145 Å². The highest BCUT2D eigenvalue weighted by Crippen LogP contribution is 2.37. The molecular weight excluding hydrogens is 318 g/mol. The Morgan fingerprint density at radius 3 is 2.84 bits per heavy atom. The molecule has 2 amide bonds. The summed E-state index contributed by atoms with van der Waals surface area (Å²) in [4.78, 5) is 30.6. The second kappa shape index (κ2) is 6.55. The molecular formula is C19H19N3O3. The van der Waals surface area contributed by atoms with E-state index in [1.54, 1.807) is 17.2 Å². The van der Waals surface area contributed by atoms with Crippen LogP contribution in [0.25, 0.3) is 0 Å². The van der Waals surface area contributed by atoms with Gasteiger partial charge in [0.25, 0.3) is 0 Å². The number of amides is 2. The zero-order chi connectivity index (χ0) is 17.2. The lowest BCUT2D eigenvalue weighted by atomic mass is 10.1. The lowest BCUT2D eigenvalue weighted by Gasteiger charge is -2.21. The molecule has 4 rings (SSSR count). The molecule has 1 aliphatic carbocycles. The highest BCUT2D eigenvalue weighted by Gasteiger charge is 2.27. The van der Waals surface area contributed by atoms with Crippen molar-refractivity contribution in [3.8, 4) is 11.6 Å². The van der Waals surface area contributed by atoms with Crippen molar-refractivity contribution in [3.05, 3.63) is 48.2 Å². The molecule has 0 spiro atoms. The van der Waals surface area contributed by atoms with Crippen LogP contribution in [-0.4, -0.2) is 22.8 Å². The van der Waals surface area contributed by atoms with Crippen LogP contribution in [0.3, 0.4) is 0 Å². The molecule has 1 fully saturated rings. The standard InChI is InChI=1S/C19H19N3O3/c23-17(21-14-7-8-14)9-10-18(24)22-12-13-4-1-2-6-16(13)25-19-15(22)5-3-11-20-19/h1-6,11,14H,7-10,12H2,(H,21,23). The minimum absolute atomic E-state index is 0.0614. The van der Waals surface area contributed by atoms with Crippen LogP contribution in [0.2, 0.25) is 0 Å². The van der Waals surface area contributed by atoms with Gasteiger partial charge in [0.05, 0.1) is 6.54 Å². The lowest BCUT2D eigenvalue weighted by molar-refractivity contribution is -0.125. The van der Waals surface area contributed by atoms with E-state index in [1.807, 2.05) is 30.3 Å². The first kappa shape index (κ1) is 15.6. The number of pyridine rings is 1. The first-order chi connectivity index (χ1) is 12.2. The molecule has 0 bridgehead atoms. The second-order valence-electron chi connectivity index (χ2n) is 6.36. The van der Waals surface area contributed by atoms with E-state index < -0.39 is 0 Å². The highest BCUT2D eigenvalue weighted by atomic mass is 16.5. The third kappa shape index (κ3) is 3.47. The Bertz CT molecular complexity index is 817. The number of benzene rings is 1. The van der Waals surface area contributed by atoms with Gasteiger partial charge in [0.2, 0.25) is 17.7 Å². The quantitative estimate of drug-likeness (QED) is 0.931. The third-order valence-corrected chi connectivity index (χ3v) is 4.36. The molecule has 0 unspecified atom stereocenters. The Morgan fingerprint density at radius 2 is 2.00 bits per heavy atom. The topological polar surface area (TPSA) is 71.5 Å². The van der Waals surface area contributed by atoms with Gasteiger partial charge in [-0.3, -0.25) is 9.59 Å². The first-order valence-corrected chi connectivity index (χ1v) is 8.51. The van der Waals surface area contributed by atoms with Crippen molar-refractivity contribution >= 4 is 17.5 Å². The number of carbonyl (C=O) groups is 2. The van der Waals surface area contributed by atoms with E-state index in [9.17, 15) is 9.59 Å². The maximum Gasteiger partial charge on any atom is 0.243 e. The zero-order valence-corrected chi connectivity index (χ0v) is 13.8. The monoisotopic (exact) mass is 337 g/mol. The van der Waals surface area contributed by atoms with Crippen LogP contribution >= 0.6 is 0 Å². The Morgan fingerprint density at radius 1 is 1.16 bits per heavy atom. The number of ether oxygens (including phenoxy) is 1. The zero-order valence-electron chi connectivity index (χ0n) is 13.8. The van der Waals surface area contributed by atoms with Gasteiger partial charge in [-0.05, 0) is 31.0 Å². The van der Waals surface area contributed by atoms with Crippen molar-refractivity contribution in [1.82, 2.24) is 10.3 Å². The molecule has 25 heavy (non-hydrogen) atoms. The molecule has 6 nitrogen and oxygen atoms in total. The van der Waals surface area contributed by atoms with E-state index in [2.05, 4.69) is 10.3 Å². The molecule has 2 heterocycles. The van der Waals surface area contributed by atoms with Crippen LogP contribution < -0.4 is 15.0 Å². The summed E-state index contributed by atoms with van der Waals surface area (Å²) >= 11 is 0. The average Bonchev–Trinajstić information content (AvgIpc) is 3.44.